The Morgan fingerprint density at radius 1 is 1.10 bits per heavy atom. The van der Waals surface area contributed by atoms with Crippen LogP contribution in [0.3, 0.4) is 0 Å². The molecule has 1 aliphatic heterocycles. The van der Waals surface area contributed by atoms with Crippen LogP contribution in [-0.4, -0.2) is 29.4 Å². The molecule has 2 atom stereocenters. The lowest BCUT2D eigenvalue weighted by atomic mass is 9.97. The SMILES string of the molecule is CC(=O)N[C@H]1CCO[C@@H](c2cccc(NC(=O)c3cccc4cccnc34)c2)C1. The van der Waals surface area contributed by atoms with E-state index in [-0.39, 0.29) is 24.0 Å². The third kappa shape index (κ3) is 4.43. The van der Waals surface area contributed by atoms with Crippen LogP contribution >= 0.6 is 0 Å². The van der Waals surface area contributed by atoms with E-state index in [1.54, 1.807) is 12.3 Å². The first-order valence-electron chi connectivity index (χ1n) is 9.74. The average molecular weight is 389 g/mol. The minimum Gasteiger partial charge on any atom is -0.373 e. The molecule has 1 aliphatic rings. The van der Waals surface area contributed by atoms with Crippen molar-refractivity contribution in [3.05, 3.63) is 71.9 Å². The van der Waals surface area contributed by atoms with E-state index in [4.69, 9.17) is 4.74 Å². The zero-order valence-electron chi connectivity index (χ0n) is 16.2. The van der Waals surface area contributed by atoms with Crippen molar-refractivity contribution < 1.29 is 14.3 Å². The molecule has 2 N–H and O–H groups in total. The predicted octanol–water partition coefficient (Wildman–Crippen LogP) is 3.84. The fourth-order valence-electron chi connectivity index (χ4n) is 3.75. The molecule has 2 aromatic carbocycles. The third-order valence-electron chi connectivity index (χ3n) is 5.08. The van der Waals surface area contributed by atoms with Crippen molar-refractivity contribution in [2.45, 2.75) is 31.9 Å². The Morgan fingerprint density at radius 2 is 1.93 bits per heavy atom. The lowest BCUT2D eigenvalue weighted by Gasteiger charge is -2.30. The highest BCUT2D eigenvalue weighted by molar-refractivity contribution is 6.11. The van der Waals surface area contributed by atoms with Crippen molar-refractivity contribution in [1.82, 2.24) is 10.3 Å². The van der Waals surface area contributed by atoms with E-state index in [1.807, 2.05) is 48.5 Å². The zero-order chi connectivity index (χ0) is 20.2. The monoisotopic (exact) mass is 389 g/mol. The summed E-state index contributed by atoms with van der Waals surface area (Å²) in [6.45, 7) is 2.12. The van der Waals surface area contributed by atoms with Gasteiger partial charge >= 0.3 is 0 Å². The van der Waals surface area contributed by atoms with Crippen LogP contribution in [0.1, 0.15) is 41.8 Å². The first-order valence-corrected chi connectivity index (χ1v) is 9.74. The van der Waals surface area contributed by atoms with Crippen LogP contribution in [0.2, 0.25) is 0 Å². The molecule has 0 saturated carbocycles. The summed E-state index contributed by atoms with van der Waals surface area (Å²) in [6.07, 6.45) is 3.09. The second-order valence-corrected chi connectivity index (χ2v) is 7.24. The Morgan fingerprint density at radius 3 is 2.79 bits per heavy atom. The lowest BCUT2D eigenvalue weighted by molar-refractivity contribution is -0.120. The number of nitrogens with one attached hydrogen (secondary N) is 2. The van der Waals surface area contributed by atoms with Gasteiger partial charge in [-0.05, 0) is 42.7 Å². The number of hydrogen-bond acceptors (Lipinski definition) is 4. The van der Waals surface area contributed by atoms with Crippen LogP contribution < -0.4 is 10.6 Å². The maximum absolute atomic E-state index is 12.9. The Balaban J connectivity index is 1.51. The molecule has 6 heteroatoms. The Bertz CT molecular complexity index is 1040. The highest BCUT2D eigenvalue weighted by atomic mass is 16.5. The van der Waals surface area contributed by atoms with E-state index in [0.717, 1.165) is 17.4 Å². The van der Waals surface area contributed by atoms with Gasteiger partial charge < -0.3 is 15.4 Å². The number of ether oxygens (including phenoxy) is 1. The summed E-state index contributed by atoms with van der Waals surface area (Å²) < 4.78 is 5.90. The zero-order valence-corrected chi connectivity index (χ0v) is 16.2. The number of pyridine rings is 1. The first-order chi connectivity index (χ1) is 14.1. The first kappa shape index (κ1) is 19.1. The average Bonchev–Trinajstić information content (AvgIpc) is 2.73. The molecule has 1 aromatic heterocycles. The molecule has 0 radical (unpaired) electrons. The minimum absolute atomic E-state index is 0.0274. The molecule has 0 unspecified atom stereocenters. The van der Waals surface area contributed by atoms with Crippen LogP contribution in [0.4, 0.5) is 5.69 Å². The molecule has 6 nitrogen and oxygen atoms in total. The maximum Gasteiger partial charge on any atom is 0.257 e. The molecule has 0 spiro atoms. The molecule has 29 heavy (non-hydrogen) atoms. The number of aromatic nitrogens is 1. The van der Waals surface area contributed by atoms with Gasteiger partial charge in [0, 0.05) is 36.8 Å². The van der Waals surface area contributed by atoms with Gasteiger partial charge in [0.15, 0.2) is 0 Å². The summed E-state index contributed by atoms with van der Waals surface area (Å²) in [5, 5.41) is 6.86. The standard InChI is InChI=1S/C23H23N3O3/c1-15(27)25-19-10-12-29-21(14-19)17-6-2-8-18(13-17)26-23(28)20-9-3-5-16-7-4-11-24-22(16)20/h2-9,11,13,19,21H,10,12,14H2,1H3,(H,25,27)(H,26,28)/t19-,21+/m0/s1. The van der Waals surface area contributed by atoms with Crippen molar-refractivity contribution in [1.29, 1.82) is 0 Å². The summed E-state index contributed by atoms with van der Waals surface area (Å²) in [7, 11) is 0. The quantitative estimate of drug-likeness (QED) is 0.710. The summed E-state index contributed by atoms with van der Waals surface area (Å²) in [6, 6.07) is 17.1. The topological polar surface area (TPSA) is 80.3 Å². The van der Waals surface area contributed by atoms with Gasteiger partial charge in [0.1, 0.15) is 0 Å². The predicted molar refractivity (Wildman–Crippen MR) is 112 cm³/mol. The van der Waals surface area contributed by atoms with E-state index in [9.17, 15) is 9.59 Å². The fourth-order valence-corrected chi connectivity index (χ4v) is 3.75. The van der Waals surface area contributed by atoms with Gasteiger partial charge in [-0.25, -0.2) is 0 Å². The molecule has 148 valence electrons. The summed E-state index contributed by atoms with van der Waals surface area (Å²) in [4.78, 5) is 28.6. The molecule has 2 heterocycles. The van der Waals surface area contributed by atoms with Gasteiger partial charge in [-0.3, -0.25) is 14.6 Å². The highest BCUT2D eigenvalue weighted by Gasteiger charge is 2.24. The molecular formula is C23H23N3O3. The van der Waals surface area contributed by atoms with Crippen LogP contribution in [0.15, 0.2) is 60.8 Å². The van der Waals surface area contributed by atoms with Crippen molar-refractivity contribution in [2.75, 3.05) is 11.9 Å². The molecule has 1 saturated heterocycles. The molecular weight excluding hydrogens is 366 g/mol. The number of para-hydroxylation sites is 1. The van der Waals surface area contributed by atoms with Crippen LogP contribution in [0.25, 0.3) is 10.9 Å². The normalized spacial score (nSPS) is 18.9. The Labute approximate surface area is 169 Å². The number of benzene rings is 2. The molecule has 1 fully saturated rings. The number of nitrogens with zero attached hydrogens (tertiary/aromatic N) is 1. The maximum atomic E-state index is 12.9. The Kier molecular flexibility index (Phi) is 5.53. The van der Waals surface area contributed by atoms with Gasteiger partial charge in [0.25, 0.3) is 5.91 Å². The van der Waals surface area contributed by atoms with E-state index >= 15 is 0 Å². The second-order valence-electron chi connectivity index (χ2n) is 7.24. The number of anilines is 1. The van der Waals surface area contributed by atoms with E-state index in [2.05, 4.69) is 15.6 Å². The van der Waals surface area contributed by atoms with E-state index in [1.165, 1.54) is 6.92 Å². The molecule has 4 rings (SSSR count). The molecule has 2 amide bonds. The number of carbonyl (C=O) groups excluding carboxylic acids is 2. The smallest absolute Gasteiger partial charge is 0.257 e. The molecule has 0 aliphatic carbocycles. The van der Waals surface area contributed by atoms with Gasteiger partial charge in [-0.2, -0.15) is 0 Å². The Hall–Kier alpha value is -3.25. The number of rotatable bonds is 4. The fraction of sp³-hybridized carbons (Fsp3) is 0.261. The van der Waals surface area contributed by atoms with Crippen molar-refractivity contribution in [2.24, 2.45) is 0 Å². The second kappa shape index (κ2) is 8.41. The van der Waals surface area contributed by atoms with E-state index < -0.39 is 0 Å². The van der Waals surface area contributed by atoms with Gasteiger partial charge in [-0.1, -0.05) is 30.3 Å². The number of fused-ring (bicyclic) bond motifs is 1. The van der Waals surface area contributed by atoms with Crippen molar-refractivity contribution >= 4 is 28.4 Å². The third-order valence-corrected chi connectivity index (χ3v) is 5.08. The number of hydrogen-bond donors (Lipinski definition) is 2. The molecule has 3 aromatic rings. The van der Waals surface area contributed by atoms with Crippen LogP contribution in [0.5, 0.6) is 0 Å². The van der Waals surface area contributed by atoms with Gasteiger partial charge in [0.05, 0.1) is 17.2 Å². The molecule has 0 bridgehead atoms. The summed E-state index contributed by atoms with van der Waals surface area (Å²) in [5.41, 5.74) is 2.89. The van der Waals surface area contributed by atoms with Crippen molar-refractivity contribution in [3.63, 3.8) is 0 Å². The van der Waals surface area contributed by atoms with Gasteiger partial charge in [0.2, 0.25) is 5.91 Å². The minimum atomic E-state index is -0.202. The largest absolute Gasteiger partial charge is 0.373 e. The van der Waals surface area contributed by atoms with E-state index in [0.29, 0.717) is 29.8 Å². The number of amides is 2. The highest BCUT2D eigenvalue weighted by Crippen LogP contribution is 2.30. The van der Waals surface area contributed by atoms with Crippen molar-refractivity contribution in [3.8, 4) is 0 Å². The van der Waals surface area contributed by atoms with Gasteiger partial charge in [-0.15, -0.1) is 0 Å². The lowest BCUT2D eigenvalue weighted by Crippen LogP contribution is -2.38. The summed E-state index contributed by atoms with van der Waals surface area (Å²) >= 11 is 0. The number of carbonyl (C=O) groups is 2. The van der Waals surface area contributed by atoms with Crippen LogP contribution in [0, 0.1) is 0 Å². The summed E-state index contributed by atoms with van der Waals surface area (Å²) in [5.74, 6) is -0.229. The van der Waals surface area contributed by atoms with Crippen LogP contribution in [-0.2, 0) is 9.53 Å².